The number of nitrogens with one attached hydrogen (secondary N) is 2. The zero-order chi connectivity index (χ0) is 17.4. The van der Waals surface area contributed by atoms with Crippen LogP contribution in [0.25, 0.3) is 0 Å². The van der Waals surface area contributed by atoms with E-state index in [-0.39, 0.29) is 29.9 Å². The standard InChI is InChI=1S/C17H23Cl2N5.HI/c1-13(16-14(18)6-3-7-15(16)19)12-22-17(20-2)21-8-4-10-24-11-5-9-23-24;/h3,5-7,9,11,13H,4,8,10,12H2,1-2H3,(H2,20,21,22);1H. The van der Waals surface area contributed by atoms with Crippen molar-refractivity contribution in [2.24, 2.45) is 4.99 Å². The van der Waals surface area contributed by atoms with Gasteiger partial charge in [-0.1, -0.05) is 36.2 Å². The van der Waals surface area contributed by atoms with Crippen molar-refractivity contribution in [3.63, 3.8) is 0 Å². The van der Waals surface area contributed by atoms with E-state index in [1.807, 2.05) is 35.1 Å². The van der Waals surface area contributed by atoms with Crippen LogP contribution in [0, 0.1) is 0 Å². The van der Waals surface area contributed by atoms with Crippen LogP contribution in [-0.4, -0.2) is 35.9 Å². The molecule has 1 aromatic carbocycles. The van der Waals surface area contributed by atoms with Crippen molar-refractivity contribution in [1.29, 1.82) is 0 Å². The first-order valence-corrected chi connectivity index (χ1v) is 8.73. The molecule has 1 atom stereocenters. The molecule has 1 aromatic heterocycles. The summed E-state index contributed by atoms with van der Waals surface area (Å²) in [6.07, 6.45) is 4.71. The molecule has 1 unspecified atom stereocenters. The summed E-state index contributed by atoms with van der Waals surface area (Å²) in [6, 6.07) is 7.51. The summed E-state index contributed by atoms with van der Waals surface area (Å²) in [5.74, 6) is 0.944. The van der Waals surface area contributed by atoms with Gasteiger partial charge in [-0.05, 0) is 30.2 Å². The highest BCUT2D eigenvalue weighted by molar-refractivity contribution is 14.0. The highest BCUT2D eigenvalue weighted by atomic mass is 127. The van der Waals surface area contributed by atoms with E-state index in [1.54, 1.807) is 13.2 Å². The minimum atomic E-state index is 0. The maximum atomic E-state index is 6.26. The number of hydrogen-bond acceptors (Lipinski definition) is 2. The third-order valence-corrected chi connectivity index (χ3v) is 4.37. The molecule has 5 nitrogen and oxygen atoms in total. The smallest absolute Gasteiger partial charge is 0.190 e. The van der Waals surface area contributed by atoms with Gasteiger partial charge in [0.1, 0.15) is 0 Å². The summed E-state index contributed by atoms with van der Waals surface area (Å²) in [7, 11) is 1.76. The molecule has 0 bridgehead atoms. The first-order valence-electron chi connectivity index (χ1n) is 7.97. The topological polar surface area (TPSA) is 54.2 Å². The van der Waals surface area contributed by atoms with Crippen LogP contribution in [0.15, 0.2) is 41.7 Å². The first kappa shape index (κ1) is 22.1. The van der Waals surface area contributed by atoms with Crippen molar-refractivity contribution in [2.45, 2.75) is 25.8 Å². The number of benzene rings is 1. The molecule has 2 rings (SSSR count). The summed E-state index contributed by atoms with van der Waals surface area (Å²) in [4.78, 5) is 4.24. The number of hydrogen-bond donors (Lipinski definition) is 2. The zero-order valence-corrected chi connectivity index (χ0v) is 18.2. The van der Waals surface area contributed by atoms with Crippen LogP contribution >= 0.6 is 47.2 Å². The molecule has 0 fully saturated rings. The van der Waals surface area contributed by atoms with Crippen molar-refractivity contribution >= 4 is 53.1 Å². The monoisotopic (exact) mass is 495 g/mol. The fourth-order valence-corrected chi connectivity index (χ4v) is 3.20. The van der Waals surface area contributed by atoms with E-state index >= 15 is 0 Å². The molecular formula is C17H24Cl2IN5. The van der Waals surface area contributed by atoms with Gasteiger partial charge in [-0.2, -0.15) is 5.10 Å². The maximum absolute atomic E-state index is 6.26. The van der Waals surface area contributed by atoms with Gasteiger partial charge in [-0.25, -0.2) is 0 Å². The molecule has 0 saturated heterocycles. The van der Waals surface area contributed by atoms with Gasteiger partial charge < -0.3 is 10.6 Å². The summed E-state index contributed by atoms with van der Waals surface area (Å²) in [5, 5.41) is 12.2. The summed E-state index contributed by atoms with van der Waals surface area (Å²) in [6.45, 7) is 4.48. The van der Waals surface area contributed by atoms with E-state index in [2.05, 4.69) is 27.6 Å². The van der Waals surface area contributed by atoms with Gasteiger partial charge in [-0.15, -0.1) is 24.0 Å². The van der Waals surface area contributed by atoms with Gasteiger partial charge >= 0.3 is 0 Å². The SMILES string of the molecule is CN=C(NCCCn1cccn1)NCC(C)c1c(Cl)cccc1Cl.I. The van der Waals surface area contributed by atoms with E-state index in [1.165, 1.54) is 0 Å². The molecule has 2 N–H and O–H groups in total. The van der Waals surface area contributed by atoms with Crippen LogP contribution in [0.4, 0.5) is 0 Å². The Morgan fingerprint density at radius 2 is 1.96 bits per heavy atom. The lowest BCUT2D eigenvalue weighted by molar-refractivity contribution is 0.569. The third-order valence-electron chi connectivity index (χ3n) is 3.71. The molecule has 2 aromatic rings. The number of halogens is 3. The van der Waals surface area contributed by atoms with Crippen LogP contribution in [0.1, 0.15) is 24.8 Å². The van der Waals surface area contributed by atoms with Gasteiger partial charge in [0.2, 0.25) is 0 Å². The normalized spacial score (nSPS) is 12.4. The predicted octanol–water partition coefficient (Wildman–Crippen LogP) is 4.17. The number of rotatable bonds is 7. The average Bonchev–Trinajstić information content (AvgIpc) is 3.07. The first-order chi connectivity index (χ1) is 11.6. The third kappa shape index (κ3) is 7.03. The molecule has 0 saturated carbocycles. The number of nitrogens with zero attached hydrogens (tertiary/aromatic N) is 3. The van der Waals surface area contributed by atoms with Crippen molar-refractivity contribution in [2.75, 3.05) is 20.1 Å². The Kier molecular flexibility index (Phi) is 10.2. The van der Waals surface area contributed by atoms with Crippen LogP contribution in [0.5, 0.6) is 0 Å². The minimum Gasteiger partial charge on any atom is -0.356 e. The van der Waals surface area contributed by atoms with Crippen molar-refractivity contribution < 1.29 is 0 Å². The number of aromatic nitrogens is 2. The lowest BCUT2D eigenvalue weighted by atomic mass is 10.0. The van der Waals surface area contributed by atoms with Crippen molar-refractivity contribution in [3.8, 4) is 0 Å². The Balaban J connectivity index is 0.00000312. The summed E-state index contributed by atoms with van der Waals surface area (Å²) < 4.78 is 1.92. The lowest BCUT2D eigenvalue weighted by Gasteiger charge is -2.18. The van der Waals surface area contributed by atoms with Gasteiger partial charge in [0, 0.05) is 55.0 Å². The molecule has 1 heterocycles. The molecule has 0 spiro atoms. The second-order valence-corrected chi connectivity index (χ2v) is 6.35. The quantitative estimate of drug-likeness (QED) is 0.262. The van der Waals surface area contributed by atoms with E-state index in [9.17, 15) is 0 Å². The molecule has 138 valence electrons. The number of aliphatic imine (C=N–C) groups is 1. The average molecular weight is 496 g/mol. The Hall–Kier alpha value is -0.990. The highest BCUT2D eigenvalue weighted by Crippen LogP contribution is 2.30. The highest BCUT2D eigenvalue weighted by Gasteiger charge is 2.13. The molecule has 0 aliphatic rings. The fourth-order valence-electron chi connectivity index (χ4n) is 2.43. The molecule has 0 aliphatic carbocycles. The lowest BCUT2D eigenvalue weighted by Crippen LogP contribution is -2.39. The number of aryl methyl sites for hydroxylation is 1. The van der Waals surface area contributed by atoms with E-state index in [0.717, 1.165) is 31.0 Å². The van der Waals surface area contributed by atoms with Gasteiger partial charge in [0.05, 0.1) is 0 Å². The van der Waals surface area contributed by atoms with Crippen LogP contribution in [-0.2, 0) is 6.54 Å². The second kappa shape index (κ2) is 11.6. The van der Waals surface area contributed by atoms with E-state index in [0.29, 0.717) is 16.6 Å². The minimum absolute atomic E-state index is 0. The Bertz CT molecular complexity index is 641. The summed E-state index contributed by atoms with van der Waals surface area (Å²) in [5.41, 5.74) is 0.961. The van der Waals surface area contributed by atoms with Crippen LogP contribution < -0.4 is 10.6 Å². The van der Waals surface area contributed by atoms with Gasteiger partial charge in [0.25, 0.3) is 0 Å². The van der Waals surface area contributed by atoms with Gasteiger partial charge in [-0.3, -0.25) is 9.67 Å². The van der Waals surface area contributed by atoms with E-state index in [4.69, 9.17) is 23.2 Å². The summed E-state index contributed by atoms with van der Waals surface area (Å²) >= 11 is 12.5. The predicted molar refractivity (Wildman–Crippen MR) is 117 cm³/mol. The Morgan fingerprint density at radius 3 is 2.56 bits per heavy atom. The fraction of sp³-hybridized carbons (Fsp3) is 0.412. The van der Waals surface area contributed by atoms with Gasteiger partial charge in [0.15, 0.2) is 5.96 Å². The van der Waals surface area contributed by atoms with E-state index < -0.39 is 0 Å². The molecule has 0 radical (unpaired) electrons. The van der Waals surface area contributed by atoms with Crippen LogP contribution in [0.3, 0.4) is 0 Å². The largest absolute Gasteiger partial charge is 0.356 e. The molecule has 25 heavy (non-hydrogen) atoms. The molecular weight excluding hydrogens is 472 g/mol. The molecule has 0 aliphatic heterocycles. The van der Waals surface area contributed by atoms with Crippen molar-refractivity contribution in [3.05, 3.63) is 52.3 Å². The zero-order valence-electron chi connectivity index (χ0n) is 14.4. The molecule has 8 heteroatoms. The number of guanidine groups is 1. The Morgan fingerprint density at radius 1 is 1.24 bits per heavy atom. The van der Waals surface area contributed by atoms with Crippen LogP contribution in [0.2, 0.25) is 10.0 Å². The molecule has 0 amide bonds. The maximum Gasteiger partial charge on any atom is 0.190 e. The Labute approximate surface area is 176 Å². The second-order valence-electron chi connectivity index (χ2n) is 5.54. The van der Waals surface area contributed by atoms with Crippen molar-refractivity contribution in [1.82, 2.24) is 20.4 Å².